The van der Waals surface area contributed by atoms with Gasteiger partial charge in [-0.3, -0.25) is 0 Å². The Morgan fingerprint density at radius 2 is 1.91 bits per heavy atom. The summed E-state index contributed by atoms with van der Waals surface area (Å²) in [5, 5.41) is 0. The van der Waals surface area contributed by atoms with Crippen molar-refractivity contribution in [1.29, 1.82) is 0 Å². The molecule has 0 unspecified atom stereocenters. The lowest BCUT2D eigenvalue weighted by atomic mass is 9.97. The molecule has 0 saturated carbocycles. The first-order valence-corrected chi connectivity index (χ1v) is 7.52. The van der Waals surface area contributed by atoms with Crippen LogP contribution in [-0.2, 0) is 30.9 Å². The summed E-state index contributed by atoms with van der Waals surface area (Å²) < 4.78 is 5.40. The zero-order chi connectivity index (χ0) is 15.4. The van der Waals surface area contributed by atoms with Gasteiger partial charge in [0.1, 0.15) is 6.61 Å². The van der Waals surface area contributed by atoms with Gasteiger partial charge >= 0.3 is 6.09 Å². The topological polar surface area (TPSA) is 55.6 Å². The molecule has 3 rings (SSSR count). The SMILES string of the molecule is NCc1ccc2c(c1)CN(C(=O)OCc1ccccc1)CC2. The molecular formula is C18H20N2O2. The molecule has 114 valence electrons. The third kappa shape index (κ3) is 3.28. The molecule has 1 aliphatic rings. The van der Waals surface area contributed by atoms with Crippen LogP contribution in [0.1, 0.15) is 22.3 Å². The van der Waals surface area contributed by atoms with Gasteiger partial charge in [0.25, 0.3) is 0 Å². The van der Waals surface area contributed by atoms with Gasteiger partial charge in [0.2, 0.25) is 0 Å². The molecule has 22 heavy (non-hydrogen) atoms. The lowest BCUT2D eigenvalue weighted by Crippen LogP contribution is -2.36. The minimum atomic E-state index is -0.257. The highest BCUT2D eigenvalue weighted by atomic mass is 16.6. The number of carbonyl (C=O) groups excluding carboxylic acids is 1. The van der Waals surface area contributed by atoms with E-state index in [9.17, 15) is 4.79 Å². The maximum Gasteiger partial charge on any atom is 0.410 e. The molecule has 0 fully saturated rings. The molecule has 0 radical (unpaired) electrons. The summed E-state index contributed by atoms with van der Waals surface area (Å²) >= 11 is 0. The Labute approximate surface area is 130 Å². The number of rotatable bonds is 3. The average molecular weight is 296 g/mol. The van der Waals surface area contributed by atoms with E-state index in [0.29, 0.717) is 26.2 Å². The number of ether oxygens (including phenoxy) is 1. The molecule has 0 spiro atoms. The van der Waals surface area contributed by atoms with E-state index < -0.39 is 0 Å². The lowest BCUT2D eigenvalue weighted by molar-refractivity contribution is 0.0918. The predicted molar refractivity (Wildman–Crippen MR) is 85.1 cm³/mol. The van der Waals surface area contributed by atoms with Crippen molar-refractivity contribution in [3.8, 4) is 0 Å². The minimum absolute atomic E-state index is 0.257. The average Bonchev–Trinajstić information content (AvgIpc) is 2.59. The van der Waals surface area contributed by atoms with Crippen molar-refractivity contribution in [3.05, 3.63) is 70.8 Å². The molecule has 1 aliphatic heterocycles. The standard InChI is InChI=1S/C18H20N2O2/c19-11-15-6-7-16-8-9-20(12-17(16)10-15)18(21)22-13-14-4-2-1-3-5-14/h1-7,10H,8-9,11-13,19H2. The number of fused-ring (bicyclic) bond motifs is 1. The molecule has 0 aliphatic carbocycles. The van der Waals surface area contributed by atoms with Crippen LogP contribution < -0.4 is 5.73 Å². The lowest BCUT2D eigenvalue weighted by Gasteiger charge is -2.28. The number of benzene rings is 2. The monoisotopic (exact) mass is 296 g/mol. The van der Waals surface area contributed by atoms with Crippen LogP contribution in [0, 0.1) is 0 Å². The number of hydrogen-bond donors (Lipinski definition) is 1. The van der Waals surface area contributed by atoms with Gasteiger partial charge in [-0.2, -0.15) is 0 Å². The first kappa shape index (κ1) is 14.6. The van der Waals surface area contributed by atoms with Crippen molar-refractivity contribution in [2.75, 3.05) is 6.54 Å². The summed E-state index contributed by atoms with van der Waals surface area (Å²) in [5.74, 6) is 0. The summed E-state index contributed by atoms with van der Waals surface area (Å²) in [7, 11) is 0. The molecule has 2 aromatic rings. The van der Waals surface area contributed by atoms with E-state index in [1.807, 2.05) is 30.3 Å². The molecule has 1 heterocycles. The Morgan fingerprint density at radius 3 is 2.68 bits per heavy atom. The molecule has 1 amide bonds. The molecule has 0 aromatic heterocycles. The summed E-state index contributed by atoms with van der Waals surface area (Å²) in [6.45, 7) is 2.12. The van der Waals surface area contributed by atoms with Gasteiger partial charge in [0.05, 0.1) is 0 Å². The van der Waals surface area contributed by atoms with Crippen LogP contribution in [0.5, 0.6) is 0 Å². The van der Waals surface area contributed by atoms with Crippen LogP contribution in [0.15, 0.2) is 48.5 Å². The Balaban J connectivity index is 1.62. The Bertz CT molecular complexity index is 655. The number of hydrogen-bond acceptors (Lipinski definition) is 3. The zero-order valence-electron chi connectivity index (χ0n) is 12.5. The van der Waals surface area contributed by atoms with Crippen LogP contribution in [-0.4, -0.2) is 17.5 Å². The smallest absolute Gasteiger partial charge is 0.410 e. The third-order valence-electron chi connectivity index (χ3n) is 3.98. The highest BCUT2D eigenvalue weighted by Gasteiger charge is 2.21. The quantitative estimate of drug-likeness (QED) is 0.947. The van der Waals surface area contributed by atoms with Crippen molar-refractivity contribution in [1.82, 2.24) is 4.90 Å². The van der Waals surface area contributed by atoms with Gasteiger partial charge in [-0.15, -0.1) is 0 Å². The van der Waals surface area contributed by atoms with E-state index in [-0.39, 0.29) is 6.09 Å². The number of carbonyl (C=O) groups is 1. The summed E-state index contributed by atoms with van der Waals surface area (Å²) in [5.41, 5.74) is 10.2. The van der Waals surface area contributed by atoms with Gasteiger partial charge in [0, 0.05) is 19.6 Å². The zero-order valence-corrected chi connectivity index (χ0v) is 12.5. The Kier molecular flexibility index (Phi) is 4.39. The number of nitrogens with two attached hydrogens (primary N) is 1. The van der Waals surface area contributed by atoms with E-state index in [4.69, 9.17) is 10.5 Å². The van der Waals surface area contributed by atoms with Crippen molar-refractivity contribution in [2.45, 2.75) is 26.1 Å². The fraction of sp³-hybridized carbons (Fsp3) is 0.278. The highest BCUT2D eigenvalue weighted by Crippen LogP contribution is 2.21. The maximum atomic E-state index is 12.2. The second-order valence-electron chi connectivity index (χ2n) is 5.52. The molecule has 2 aromatic carbocycles. The van der Waals surface area contributed by atoms with E-state index in [1.165, 1.54) is 11.1 Å². The van der Waals surface area contributed by atoms with Crippen LogP contribution >= 0.6 is 0 Å². The molecule has 0 bridgehead atoms. The highest BCUT2D eigenvalue weighted by molar-refractivity contribution is 5.68. The second-order valence-corrected chi connectivity index (χ2v) is 5.52. The van der Waals surface area contributed by atoms with Crippen molar-refractivity contribution in [3.63, 3.8) is 0 Å². The molecule has 2 N–H and O–H groups in total. The fourth-order valence-electron chi connectivity index (χ4n) is 2.70. The minimum Gasteiger partial charge on any atom is -0.445 e. The molecule has 4 nitrogen and oxygen atoms in total. The summed E-state index contributed by atoms with van der Waals surface area (Å²) in [6, 6.07) is 16.0. The van der Waals surface area contributed by atoms with Gasteiger partial charge in [-0.25, -0.2) is 4.79 Å². The first-order chi connectivity index (χ1) is 10.8. The van der Waals surface area contributed by atoms with E-state index in [1.54, 1.807) is 4.90 Å². The van der Waals surface area contributed by atoms with Gasteiger partial charge in [0.15, 0.2) is 0 Å². The molecule has 0 atom stereocenters. The number of amides is 1. The fourth-order valence-corrected chi connectivity index (χ4v) is 2.70. The van der Waals surface area contributed by atoms with Gasteiger partial charge in [-0.05, 0) is 28.7 Å². The third-order valence-corrected chi connectivity index (χ3v) is 3.98. The van der Waals surface area contributed by atoms with Crippen LogP contribution in [0.2, 0.25) is 0 Å². The van der Waals surface area contributed by atoms with Gasteiger partial charge < -0.3 is 15.4 Å². The summed E-state index contributed by atoms with van der Waals surface area (Å²) in [4.78, 5) is 14.0. The van der Waals surface area contributed by atoms with Crippen LogP contribution in [0.25, 0.3) is 0 Å². The van der Waals surface area contributed by atoms with E-state index in [2.05, 4.69) is 18.2 Å². The largest absolute Gasteiger partial charge is 0.445 e. The predicted octanol–water partition coefficient (Wildman–Crippen LogP) is 2.84. The normalized spacial score (nSPS) is 13.6. The molecule has 0 saturated heterocycles. The Hall–Kier alpha value is -2.33. The maximum absolute atomic E-state index is 12.2. The van der Waals surface area contributed by atoms with E-state index >= 15 is 0 Å². The second kappa shape index (κ2) is 6.62. The van der Waals surface area contributed by atoms with Crippen LogP contribution in [0.4, 0.5) is 4.79 Å². The number of nitrogens with zero attached hydrogens (tertiary/aromatic N) is 1. The molecule has 4 heteroatoms. The Morgan fingerprint density at radius 1 is 1.09 bits per heavy atom. The molecular weight excluding hydrogens is 276 g/mol. The van der Waals surface area contributed by atoms with Crippen LogP contribution in [0.3, 0.4) is 0 Å². The summed E-state index contributed by atoms with van der Waals surface area (Å²) in [6.07, 6.45) is 0.605. The van der Waals surface area contributed by atoms with Crippen molar-refractivity contribution in [2.24, 2.45) is 5.73 Å². The first-order valence-electron chi connectivity index (χ1n) is 7.52. The van der Waals surface area contributed by atoms with Crippen molar-refractivity contribution < 1.29 is 9.53 Å². The van der Waals surface area contributed by atoms with Crippen molar-refractivity contribution >= 4 is 6.09 Å². The van der Waals surface area contributed by atoms with Gasteiger partial charge in [-0.1, -0.05) is 48.5 Å². The van der Waals surface area contributed by atoms with E-state index in [0.717, 1.165) is 17.5 Å².